The van der Waals surface area contributed by atoms with Crippen LogP contribution < -0.4 is 4.90 Å². The Morgan fingerprint density at radius 2 is 1.77 bits per heavy atom. The Morgan fingerprint density at radius 3 is 2.35 bits per heavy atom. The summed E-state index contributed by atoms with van der Waals surface area (Å²) in [5.41, 5.74) is 0.121. The summed E-state index contributed by atoms with van der Waals surface area (Å²) < 4.78 is 27.2. The van der Waals surface area contributed by atoms with Gasteiger partial charge in [-0.3, -0.25) is 0 Å². The van der Waals surface area contributed by atoms with Crippen LogP contribution in [0.3, 0.4) is 0 Å². The van der Waals surface area contributed by atoms with E-state index >= 15 is 0 Å². The number of nitriles is 1. The molecule has 0 radical (unpaired) electrons. The van der Waals surface area contributed by atoms with Crippen LogP contribution in [0.4, 0.5) is 5.13 Å². The van der Waals surface area contributed by atoms with Crippen LogP contribution in [0.2, 0.25) is 0 Å². The predicted octanol–water partition coefficient (Wildman–Crippen LogP) is 2.22. The van der Waals surface area contributed by atoms with Crippen LogP contribution >= 0.6 is 11.3 Å². The highest BCUT2D eigenvalue weighted by Gasteiger charge is 2.31. The molecule has 0 saturated carbocycles. The van der Waals surface area contributed by atoms with Crippen molar-refractivity contribution in [3.63, 3.8) is 0 Å². The molecule has 0 spiro atoms. The maximum absolute atomic E-state index is 12.9. The van der Waals surface area contributed by atoms with Crippen molar-refractivity contribution < 1.29 is 8.42 Å². The molecule has 26 heavy (non-hydrogen) atoms. The molecule has 0 atom stereocenters. The second-order valence-electron chi connectivity index (χ2n) is 7.14. The Morgan fingerprint density at radius 1 is 1.12 bits per heavy atom. The minimum absolute atomic E-state index is 0.0535. The Balaban J connectivity index is 1.74. The molecule has 1 aliphatic heterocycles. The van der Waals surface area contributed by atoms with E-state index in [0.29, 0.717) is 26.2 Å². The third-order valence-electron chi connectivity index (χ3n) is 4.19. The van der Waals surface area contributed by atoms with E-state index in [4.69, 9.17) is 0 Å². The fourth-order valence-electron chi connectivity index (χ4n) is 2.69. The Labute approximate surface area is 157 Å². The lowest BCUT2D eigenvalue weighted by Gasteiger charge is -2.33. The van der Waals surface area contributed by atoms with Crippen LogP contribution in [0, 0.1) is 11.3 Å². The van der Waals surface area contributed by atoms with Crippen LogP contribution in [0.5, 0.6) is 0 Å². The van der Waals surface area contributed by atoms with Crippen molar-refractivity contribution in [1.82, 2.24) is 14.5 Å². The summed E-state index contributed by atoms with van der Waals surface area (Å²) in [7, 11) is -3.68. The van der Waals surface area contributed by atoms with Crippen LogP contribution in [-0.4, -0.2) is 49.1 Å². The summed E-state index contributed by atoms with van der Waals surface area (Å²) in [5.74, 6) is 0. The van der Waals surface area contributed by atoms with Gasteiger partial charge in [0, 0.05) is 31.6 Å². The van der Waals surface area contributed by atoms with Gasteiger partial charge in [0.25, 0.3) is 0 Å². The summed E-state index contributed by atoms with van der Waals surface area (Å²) in [5, 5.41) is 19.5. The van der Waals surface area contributed by atoms with Gasteiger partial charge in [-0.1, -0.05) is 44.2 Å². The molecule has 7 nitrogen and oxygen atoms in total. The number of anilines is 1. The molecule has 0 amide bonds. The topological polar surface area (TPSA) is 90.2 Å². The highest BCUT2D eigenvalue weighted by Crippen LogP contribution is 2.30. The van der Waals surface area contributed by atoms with Gasteiger partial charge in [-0.15, -0.1) is 10.2 Å². The number of benzene rings is 1. The number of sulfonamides is 1. The first-order valence-electron chi connectivity index (χ1n) is 8.31. The van der Waals surface area contributed by atoms with E-state index in [2.05, 4.69) is 35.9 Å². The van der Waals surface area contributed by atoms with Crippen molar-refractivity contribution in [1.29, 1.82) is 5.26 Å². The zero-order chi connectivity index (χ0) is 18.9. The van der Waals surface area contributed by atoms with Gasteiger partial charge in [0.15, 0.2) is 0 Å². The molecule has 138 valence electrons. The largest absolute Gasteiger partial charge is 0.344 e. The van der Waals surface area contributed by atoms with Crippen LogP contribution in [-0.2, 0) is 15.4 Å². The summed E-state index contributed by atoms with van der Waals surface area (Å²) in [4.78, 5) is 2.14. The summed E-state index contributed by atoms with van der Waals surface area (Å²) in [6.07, 6.45) is 0. The van der Waals surface area contributed by atoms with Crippen molar-refractivity contribution in [3.05, 3.63) is 34.8 Å². The smallest absolute Gasteiger partial charge is 0.244 e. The van der Waals surface area contributed by atoms with Crippen LogP contribution in [0.1, 0.15) is 31.3 Å². The van der Waals surface area contributed by atoms with Gasteiger partial charge in [0.05, 0.1) is 10.5 Å². The maximum Gasteiger partial charge on any atom is 0.244 e. The number of hydrogen-bond donors (Lipinski definition) is 0. The molecular formula is C17H21N5O2S2. The second-order valence-corrected chi connectivity index (χ2v) is 10.0. The third kappa shape index (κ3) is 3.58. The molecule has 0 aliphatic carbocycles. The van der Waals surface area contributed by atoms with Gasteiger partial charge in [-0.05, 0) is 12.1 Å². The van der Waals surface area contributed by atoms with Crippen molar-refractivity contribution in [2.75, 3.05) is 31.1 Å². The van der Waals surface area contributed by atoms with Gasteiger partial charge in [0.1, 0.15) is 11.1 Å². The van der Waals surface area contributed by atoms with E-state index in [9.17, 15) is 13.7 Å². The molecule has 1 aromatic heterocycles. The van der Waals surface area contributed by atoms with Crippen molar-refractivity contribution >= 4 is 26.5 Å². The average molecular weight is 392 g/mol. The van der Waals surface area contributed by atoms with Gasteiger partial charge in [-0.2, -0.15) is 9.57 Å². The van der Waals surface area contributed by atoms with Crippen molar-refractivity contribution in [3.8, 4) is 6.07 Å². The SMILES string of the molecule is CC(C)(C)c1nnc(N2CCN(S(=O)(=O)c3ccccc3C#N)CC2)s1. The van der Waals surface area contributed by atoms with Gasteiger partial charge in [0.2, 0.25) is 15.2 Å². The molecule has 3 rings (SSSR count). The van der Waals surface area contributed by atoms with Gasteiger partial charge < -0.3 is 4.90 Å². The summed E-state index contributed by atoms with van der Waals surface area (Å²) in [6, 6.07) is 8.27. The molecular weight excluding hydrogens is 370 g/mol. The first-order chi connectivity index (χ1) is 12.2. The molecule has 1 aromatic carbocycles. The standard InChI is InChI=1S/C17H21N5O2S2/c1-17(2,3)15-19-20-16(25-15)21-8-10-22(11-9-21)26(23,24)14-7-5-4-6-13(14)12-18/h4-7H,8-11H2,1-3H3. The molecule has 0 unspecified atom stereocenters. The fourth-order valence-corrected chi connectivity index (χ4v) is 5.21. The molecule has 1 saturated heterocycles. The lowest BCUT2D eigenvalue weighted by atomic mass is 9.98. The predicted molar refractivity (Wildman–Crippen MR) is 101 cm³/mol. The molecule has 0 bridgehead atoms. The van der Waals surface area contributed by atoms with Crippen molar-refractivity contribution in [2.24, 2.45) is 0 Å². The number of rotatable bonds is 3. The number of nitrogens with zero attached hydrogens (tertiary/aromatic N) is 5. The summed E-state index contributed by atoms with van der Waals surface area (Å²) in [6.45, 7) is 8.08. The zero-order valence-electron chi connectivity index (χ0n) is 15.0. The van der Waals surface area contributed by atoms with E-state index < -0.39 is 10.0 Å². The second kappa shape index (κ2) is 6.95. The van der Waals surface area contributed by atoms with E-state index in [1.807, 2.05) is 6.07 Å². The van der Waals surface area contributed by atoms with E-state index in [0.717, 1.165) is 10.1 Å². The molecule has 1 aliphatic rings. The summed E-state index contributed by atoms with van der Waals surface area (Å²) >= 11 is 1.55. The highest BCUT2D eigenvalue weighted by atomic mass is 32.2. The number of hydrogen-bond acceptors (Lipinski definition) is 7. The number of aromatic nitrogens is 2. The molecule has 1 fully saturated rings. The van der Waals surface area contributed by atoms with Crippen LogP contribution in [0.15, 0.2) is 29.2 Å². The molecule has 2 heterocycles. The molecule has 2 aromatic rings. The minimum Gasteiger partial charge on any atom is -0.344 e. The number of piperazine rings is 1. The van der Waals surface area contributed by atoms with Crippen molar-refractivity contribution in [2.45, 2.75) is 31.1 Å². The maximum atomic E-state index is 12.9. The normalized spacial score (nSPS) is 16.5. The van der Waals surface area contributed by atoms with E-state index in [1.54, 1.807) is 23.5 Å². The average Bonchev–Trinajstić information content (AvgIpc) is 3.12. The van der Waals surface area contributed by atoms with E-state index in [1.165, 1.54) is 16.4 Å². The lowest BCUT2D eigenvalue weighted by Crippen LogP contribution is -2.48. The Kier molecular flexibility index (Phi) is 5.01. The zero-order valence-corrected chi connectivity index (χ0v) is 16.6. The van der Waals surface area contributed by atoms with E-state index in [-0.39, 0.29) is 15.9 Å². The Hall–Kier alpha value is -2.02. The highest BCUT2D eigenvalue weighted by molar-refractivity contribution is 7.89. The molecule has 9 heteroatoms. The third-order valence-corrected chi connectivity index (χ3v) is 7.56. The van der Waals surface area contributed by atoms with Crippen LogP contribution in [0.25, 0.3) is 0 Å². The monoisotopic (exact) mass is 391 g/mol. The lowest BCUT2D eigenvalue weighted by molar-refractivity contribution is 0.384. The first-order valence-corrected chi connectivity index (χ1v) is 10.6. The quantitative estimate of drug-likeness (QED) is 0.797. The molecule has 0 N–H and O–H groups in total. The first kappa shape index (κ1) is 18.8. The van der Waals surface area contributed by atoms with Gasteiger partial charge in [-0.25, -0.2) is 8.42 Å². The fraction of sp³-hybridized carbons (Fsp3) is 0.471. The Bertz CT molecular complexity index is 933. The van der Waals surface area contributed by atoms with Gasteiger partial charge >= 0.3 is 0 Å². The minimum atomic E-state index is -3.68.